The molecule has 0 fully saturated rings. The molecule has 0 aliphatic carbocycles. The van der Waals surface area contributed by atoms with Crippen LogP contribution in [-0.2, 0) is 16.1 Å². The maximum absolute atomic E-state index is 11.7. The fourth-order valence-electron chi connectivity index (χ4n) is 1.76. The van der Waals surface area contributed by atoms with Gasteiger partial charge in [0.05, 0.1) is 19.3 Å². The van der Waals surface area contributed by atoms with E-state index in [0.717, 1.165) is 12.0 Å². The fraction of sp³-hybridized carbons (Fsp3) is 0.533. The quantitative estimate of drug-likeness (QED) is 0.774. The molecule has 5 heteroatoms. The molecule has 0 radical (unpaired) electrons. The monoisotopic (exact) mass is 300 g/mol. The van der Waals surface area contributed by atoms with E-state index in [9.17, 15) is 4.79 Å². The smallest absolute Gasteiger partial charge is 0.237 e. The van der Waals surface area contributed by atoms with Gasteiger partial charge in [-0.05, 0) is 18.9 Å². The third-order valence-corrected chi connectivity index (χ3v) is 2.80. The van der Waals surface area contributed by atoms with E-state index in [0.29, 0.717) is 19.6 Å². The van der Waals surface area contributed by atoms with Crippen LogP contribution in [0.2, 0.25) is 0 Å². The Balaban J connectivity index is 0.00000361. The van der Waals surface area contributed by atoms with Crippen molar-refractivity contribution in [1.29, 1.82) is 0 Å². The van der Waals surface area contributed by atoms with Crippen LogP contribution in [0.15, 0.2) is 30.3 Å². The molecule has 0 aromatic heterocycles. The Kier molecular flexibility index (Phi) is 10.1. The number of nitrogens with one attached hydrogen (secondary N) is 1. The lowest BCUT2D eigenvalue weighted by atomic mass is 10.1. The van der Waals surface area contributed by atoms with E-state index in [4.69, 9.17) is 10.5 Å². The van der Waals surface area contributed by atoms with Crippen LogP contribution in [0.1, 0.15) is 32.3 Å². The first kappa shape index (κ1) is 18.9. The van der Waals surface area contributed by atoms with E-state index in [-0.39, 0.29) is 24.4 Å². The first-order chi connectivity index (χ1) is 9.13. The zero-order valence-electron chi connectivity index (χ0n) is 12.2. The molecule has 2 unspecified atom stereocenters. The maximum atomic E-state index is 11.7. The summed E-state index contributed by atoms with van der Waals surface area (Å²) in [4.78, 5) is 11.7. The summed E-state index contributed by atoms with van der Waals surface area (Å²) in [6.45, 7) is 4.97. The average Bonchev–Trinajstić information content (AvgIpc) is 2.40. The summed E-state index contributed by atoms with van der Waals surface area (Å²) in [5, 5.41) is 2.86. The number of halogens is 1. The minimum atomic E-state index is -0.415. The number of benzene rings is 1. The SMILES string of the molecule is CCCC(N)C(=O)NC(C)COCc1ccccc1.Cl. The van der Waals surface area contributed by atoms with Gasteiger partial charge in [0.1, 0.15) is 0 Å². The largest absolute Gasteiger partial charge is 0.375 e. The lowest BCUT2D eigenvalue weighted by Crippen LogP contribution is -2.45. The van der Waals surface area contributed by atoms with Crippen molar-refractivity contribution in [2.75, 3.05) is 6.61 Å². The van der Waals surface area contributed by atoms with E-state index in [1.54, 1.807) is 0 Å². The van der Waals surface area contributed by atoms with Crippen molar-refractivity contribution in [2.45, 2.75) is 45.4 Å². The zero-order valence-corrected chi connectivity index (χ0v) is 13.0. The molecule has 0 bridgehead atoms. The topological polar surface area (TPSA) is 64.4 Å². The molecule has 4 nitrogen and oxygen atoms in total. The molecule has 0 aliphatic heterocycles. The second-order valence-corrected chi connectivity index (χ2v) is 4.81. The van der Waals surface area contributed by atoms with Gasteiger partial charge in [-0.15, -0.1) is 12.4 Å². The van der Waals surface area contributed by atoms with Crippen LogP contribution in [-0.4, -0.2) is 24.6 Å². The highest BCUT2D eigenvalue weighted by atomic mass is 35.5. The number of rotatable bonds is 8. The maximum Gasteiger partial charge on any atom is 0.237 e. The van der Waals surface area contributed by atoms with Gasteiger partial charge >= 0.3 is 0 Å². The van der Waals surface area contributed by atoms with Crippen LogP contribution in [0.4, 0.5) is 0 Å². The van der Waals surface area contributed by atoms with Gasteiger partial charge < -0.3 is 15.8 Å². The molecule has 0 saturated heterocycles. The predicted octanol–water partition coefficient (Wildman–Crippen LogP) is 2.26. The normalized spacial score (nSPS) is 13.2. The number of carbonyl (C=O) groups excluding carboxylic acids is 1. The van der Waals surface area contributed by atoms with Gasteiger partial charge in [0.15, 0.2) is 0 Å². The van der Waals surface area contributed by atoms with E-state index >= 15 is 0 Å². The summed E-state index contributed by atoms with van der Waals surface area (Å²) in [6, 6.07) is 9.52. The molecule has 0 heterocycles. The summed E-state index contributed by atoms with van der Waals surface area (Å²) in [6.07, 6.45) is 1.62. The highest BCUT2D eigenvalue weighted by Crippen LogP contribution is 2.01. The first-order valence-electron chi connectivity index (χ1n) is 6.81. The van der Waals surface area contributed by atoms with Gasteiger partial charge in [0, 0.05) is 6.04 Å². The zero-order chi connectivity index (χ0) is 14.1. The minimum absolute atomic E-state index is 0. The van der Waals surface area contributed by atoms with Gasteiger partial charge in [0.25, 0.3) is 0 Å². The van der Waals surface area contributed by atoms with Crippen LogP contribution in [0.5, 0.6) is 0 Å². The lowest BCUT2D eigenvalue weighted by molar-refractivity contribution is -0.123. The van der Waals surface area contributed by atoms with Crippen molar-refractivity contribution in [1.82, 2.24) is 5.32 Å². The number of nitrogens with two attached hydrogens (primary N) is 1. The Labute approximate surface area is 127 Å². The van der Waals surface area contributed by atoms with Crippen LogP contribution in [0, 0.1) is 0 Å². The van der Waals surface area contributed by atoms with Gasteiger partial charge in [-0.3, -0.25) is 4.79 Å². The highest BCUT2D eigenvalue weighted by Gasteiger charge is 2.14. The number of amides is 1. The Morgan fingerprint density at radius 3 is 2.60 bits per heavy atom. The van der Waals surface area contributed by atoms with Crippen molar-refractivity contribution in [3.8, 4) is 0 Å². The first-order valence-corrected chi connectivity index (χ1v) is 6.81. The molecule has 2 atom stereocenters. The Hall–Kier alpha value is -1.10. The Morgan fingerprint density at radius 1 is 1.35 bits per heavy atom. The number of ether oxygens (including phenoxy) is 1. The third kappa shape index (κ3) is 7.48. The summed E-state index contributed by atoms with van der Waals surface area (Å²) >= 11 is 0. The predicted molar refractivity (Wildman–Crippen MR) is 83.8 cm³/mol. The molecule has 1 amide bonds. The van der Waals surface area contributed by atoms with Crippen LogP contribution < -0.4 is 11.1 Å². The summed E-state index contributed by atoms with van der Waals surface area (Å²) < 4.78 is 5.57. The number of hydrogen-bond acceptors (Lipinski definition) is 3. The molecule has 0 spiro atoms. The number of carbonyl (C=O) groups is 1. The molecule has 1 rings (SSSR count). The Bertz CT molecular complexity index is 373. The van der Waals surface area contributed by atoms with Gasteiger partial charge in [-0.1, -0.05) is 43.7 Å². The molecular formula is C15H25ClN2O2. The van der Waals surface area contributed by atoms with E-state index in [1.807, 2.05) is 44.2 Å². The third-order valence-electron chi connectivity index (χ3n) is 2.80. The highest BCUT2D eigenvalue weighted by molar-refractivity contribution is 5.85. The van der Waals surface area contributed by atoms with E-state index in [2.05, 4.69) is 5.32 Å². The molecule has 0 saturated carbocycles. The minimum Gasteiger partial charge on any atom is -0.375 e. The van der Waals surface area contributed by atoms with Crippen molar-refractivity contribution in [2.24, 2.45) is 5.73 Å². The Morgan fingerprint density at radius 2 is 2.00 bits per heavy atom. The molecule has 20 heavy (non-hydrogen) atoms. The second-order valence-electron chi connectivity index (χ2n) is 4.81. The molecule has 114 valence electrons. The second kappa shape index (κ2) is 10.7. The van der Waals surface area contributed by atoms with E-state index in [1.165, 1.54) is 0 Å². The van der Waals surface area contributed by atoms with Crippen molar-refractivity contribution in [3.05, 3.63) is 35.9 Å². The van der Waals surface area contributed by atoms with Crippen LogP contribution in [0.3, 0.4) is 0 Å². The number of hydrogen-bond donors (Lipinski definition) is 2. The van der Waals surface area contributed by atoms with Gasteiger partial charge in [-0.25, -0.2) is 0 Å². The fourth-order valence-corrected chi connectivity index (χ4v) is 1.76. The van der Waals surface area contributed by atoms with Crippen LogP contribution in [0.25, 0.3) is 0 Å². The lowest BCUT2D eigenvalue weighted by Gasteiger charge is -2.17. The molecule has 3 N–H and O–H groups in total. The van der Waals surface area contributed by atoms with Crippen molar-refractivity contribution >= 4 is 18.3 Å². The standard InChI is InChI=1S/C15H24N2O2.ClH/c1-3-7-14(16)15(18)17-12(2)10-19-11-13-8-5-4-6-9-13;/h4-6,8-9,12,14H,3,7,10-11,16H2,1-2H3,(H,17,18);1H. The molecule has 0 aliphatic rings. The summed E-state index contributed by atoms with van der Waals surface area (Å²) in [5.74, 6) is -0.0994. The molecule has 1 aromatic rings. The van der Waals surface area contributed by atoms with E-state index < -0.39 is 6.04 Å². The molecule has 1 aromatic carbocycles. The van der Waals surface area contributed by atoms with Crippen LogP contribution >= 0.6 is 12.4 Å². The average molecular weight is 301 g/mol. The summed E-state index contributed by atoms with van der Waals surface area (Å²) in [5.41, 5.74) is 6.87. The van der Waals surface area contributed by atoms with Gasteiger partial charge in [0.2, 0.25) is 5.91 Å². The van der Waals surface area contributed by atoms with Crippen molar-refractivity contribution in [3.63, 3.8) is 0 Å². The molecular weight excluding hydrogens is 276 g/mol. The van der Waals surface area contributed by atoms with Crippen molar-refractivity contribution < 1.29 is 9.53 Å². The summed E-state index contributed by atoms with van der Waals surface area (Å²) in [7, 11) is 0. The van der Waals surface area contributed by atoms with Gasteiger partial charge in [-0.2, -0.15) is 0 Å².